The zero-order valence-electron chi connectivity index (χ0n) is 14.8. The Kier molecular flexibility index (Phi) is 4.87. The summed E-state index contributed by atoms with van der Waals surface area (Å²) in [6.45, 7) is 2.12. The number of carbonyl (C=O) groups is 2. The number of piperazine rings is 1. The van der Waals surface area contributed by atoms with Crippen LogP contribution in [0, 0.1) is 11.7 Å². The topological polar surface area (TPSA) is 40.6 Å². The van der Waals surface area contributed by atoms with Gasteiger partial charge in [0.25, 0.3) is 5.91 Å². The lowest BCUT2D eigenvalue weighted by atomic mass is 10.1. The maximum absolute atomic E-state index is 13.0. The summed E-state index contributed by atoms with van der Waals surface area (Å²) >= 11 is 5.96. The van der Waals surface area contributed by atoms with Crippen molar-refractivity contribution in [3.05, 3.63) is 70.5 Å². The number of amides is 2. The van der Waals surface area contributed by atoms with Gasteiger partial charge in [0.05, 0.1) is 0 Å². The van der Waals surface area contributed by atoms with Crippen molar-refractivity contribution in [1.82, 2.24) is 9.80 Å². The molecule has 4 nitrogen and oxygen atoms in total. The predicted molar refractivity (Wildman–Crippen MR) is 101 cm³/mol. The molecule has 2 unspecified atom stereocenters. The fourth-order valence-corrected chi connectivity index (χ4v) is 3.91. The Labute approximate surface area is 162 Å². The van der Waals surface area contributed by atoms with Gasteiger partial charge in [0.1, 0.15) is 5.82 Å². The van der Waals surface area contributed by atoms with Crippen molar-refractivity contribution in [2.45, 2.75) is 12.3 Å². The third-order valence-electron chi connectivity index (χ3n) is 5.36. The van der Waals surface area contributed by atoms with Crippen LogP contribution in [0.2, 0.25) is 5.02 Å². The average Bonchev–Trinajstić information content (AvgIpc) is 3.48. The highest BCUT2D eigenvalue weighted by Gasteiger charge is 2.46. The van der Waals surface area contributed by atoms with E-state index in [2.05, 4.69) is 0 Å². The van der Waals surface area contributed by atoms with Crippen LogP contribution in [0.3, 0.4) is 0 Å². The lowest BCUT2D eigenvalue weighted by molar-refractivity contribution is -0.134. The molecule has 1 saturated carbocycles. The number of carbonyl (C=O) groups excluding carboxylic acids is 2. The van der Waals surface area contributed by atoms with Crippen LogP contribution in [-0.2, 0) is 4.79 Å². The molecule has 6 heteroatoms. The van der Waals surface area contributed by atoms with E-state index in [0.29, 0.717) is 36.8 Å². The van der Waals surface area contributed by atoms with E-state index < -0.39 is 0 Å². The van der Waals surface area contributed by atoms with Crippen LogP contribution < -0.4 is 0 Å². The van der Waals surface area contributed by atoms with Crippen molar-refractivity contribution >= 4 is 23.4 Å². The molecule has 0 N–H and O–H groups in total. The predicted octanol–water partition coefficient (Wildman–Crippen LogP) is 3.57. The molecule has 1 heterocycles. The van der Waals surface area contributed by atoms with Gasteiger partial charge in [-0.25, -0.2) is 4.39 Å². The van der Waals surface area contributed by atoms with Gasteiger partial charge in [-0.05, 0) is 48.2 Å². The third kappa shape index (κ3) is 3.83. The van der Waals surface area contributed by atoms with Crippen LogP contribution in [0.1, 0.15) is 28.3 Å². The Hall–Kier alpha value is -2.40. The first-order valence-electron chi connectivity index (χ1n) is 9.12. The van der Waals surface area contributed by atoms with Gasteiger partial charge < -0.3 is 9.80 Å². The zero-order chi connectivity index (χ0) is 19.0. The molecule has 140 valence electrons. The second-order valence-electron chi connectivity index (χ2n) is 7.13. The number of hydrogen-bond acceptors (Lipinski definition) is 2. The molecule has 2 atom stereocenters. The minimum absolute atomic E-state index is 0.0226. The molecule has 0 radical (unpaired) electrons. The second-order valence-corrected chi connectivity index (χ2v) is 7.56. The maximum Gasteiger partial charge on any atom is 0.254 e. The molecular formula is C21H20ClFN2O2. The minimum Gasteiger partial charge on any atom is -0.339 e. The van der Waals surface area contributed by atoms with E-state index in [9.17, 15) is 14.0 Å². The normalized spacial score (nSPS) is 21.9. The van der Waals surface area contributed by atoms with Gasteiger partial charge in [-0.2, -0.15) is 0 Å². The van der Waals surface area contributed by atoms with E-state index in [4.69, 9.17) is 11.6 Å². The van der Waals surface area contributed by atoms with E-state index in [1.54, 1.807) is 41.3 Å². The van der Waals surface area contributed by atoms with Crippen LogP contribution in [0.5, 0.6) is 0 Å². The number of hydrogen-bond donors (Lipinski definition) is 0. The Morgan fingerprint density at radius 2 is 1.63 bits per heavy atom. The summed E-state index contributed by atoms with van der Waals surface area (Å²) in [5.74, 6) is -0.0166. The van der Waals surface area contributed by atoms with Gasteiger partial charge in [0.2, 0.25) is 5.91 Å². The highest BCUT2D eigenvalue weighted by molar-refractivity contribution is 6.30. The summed E-state index contributed by atoms with van der Waals surface area (Å²) in [6, 6.07) is 13.3. The number of benzene rings is 2. The first-order chi connectivity index (χ1) is 13.0. The van der Waals surface area contributed by atoms with Crippen molar-refractivity contribution in [3.63, 3.8) is 0 Å². The van der Waals surface area contributed by atoms with Gasteiger partial charge in [-0.15, -0.1) is 0 Å². The molecule has 4 rings (SSSR count). The summed E-state index contributed by atoms with van der Waals surface area (Å²) in [4.78, 5) is 28.9. The third-order valence-corrected chi connectivity index (χ3v) is 5.59. The molecule has 1 saturated heterocycles. The van der Waals surface area contributed by atoms with Crippen molar-refractivity contribution in [2.24, 2.45) is 5.92 Å². The summed E-state index contributed by atoms with van der Waals surface area (Å²) in [6.07, 6.45) is 0.812. The summed E-state index contributed by atoms with van der Waals surface area (Å²) < 4.78 is 13.0. The standard InChI is InChI=1S/C21H20ClFN2O2/c22-16-3-1-2-15(12-16)20(26)24-8-10-25(11-9-24)21(27)19-13-18(19)14-4-6-17(23)7-5-14/h1-7,12,18-19H,8-11,13H2. The molecule has 0 spiro atoms. The van der Waals surface area contributed by atoms with Gasteiger partial charge in [0, 0.05) is 42.7 Å². The average molecular weight is 387 g/mol. The highest BCUT2D eigenvalue weighted by atomic mass is 35.5. The SMILES string of the molecule is O=C(c1cccc(Cl)c1)N1CCN(C(=O)C2CC2c2ccc(F)cc2)CC1. The number of rotatable bonds is 3. The number of halogens is 2. The molecule has 2 fully saturated rings. The Bertz CT molecular complexity index is 863. The quantitative estimate of drug-likeness (QED) is 0.809. The fourth-order valence-electron chi connectivity index (χ4n) is 3.71. The Morgan fingerprint density at radius 3 is 2.30 bits per heavy atom. The lowest BCUT2D eigenvalue weighted by Gasteiger charge is -2.35. The smallest absolute Gasteiger partial charge is 0.254 e. The molecule has 2 aromatic carbocycles. The number of nitrogens with zero attached hydrogens (tertiary/aromatic N) is 2. The van der Waals surface area contributed by atoms with Crippen molar-refractivity contribution in [2.75, 3.05) is 26.2 Å². The van der Waals surface area contributed by atoms with Crippen molar-refractivity contribution in [3.8, 4) is 0 Å². The molecule has 2 aliphatic rings. The lowest BCUT2D eigenvalue weighted by Crippen LogP contribution is -2.51. The second kappa shape index (κ2) is 7.31. The molecular weight excluding hydrogens is 367 g/mol. The van der Waals surface area contributed by atoms with Gasteiger partial charge >= 0.3 is 0 Å². The largest absolute Gasteiger partial charge is 0.339 e. The molecule has 27 heavy (non-hydrogen) atoms. The zero-order valence-corrected chi connectivity index (χ0v) is 15.5. The van der Waals surface area contributed by atoms with Gasteiger partial charge in [-0.1, -0.05) is 29.8 Å². The van der Waals surface area contributed by atoms with E-state index >= 15 is 0 Å². The molecule has 1 aliphatic carbocycles. The van der Waals surface area contributed by atoms with E-state index in [0.717, 1.165) is 12.0 Å². The first-order valence-corrected chi connectivity index (χ1v) is 9.50. The molecule has 1 aliphatic heterocycles. The Balaban J connectivity index is 1.32. The van der Waals surface area contributed by atoms with E-state index in [1.807, 2.05) is 4.90 Å². The molecule has 0 aromatic heterocycles. The van der Waals surface area contributed by atoms with Gasteiger partial charge in [0.15, 0.2) is 0 Å². The van der Waals surface area contributed by atoms with Crippen molar-refractivity contribution in [1.29, 1.82) is 0 Å². The Morgan fingerprint density at radius 1 is 0.963 bits per heavy atom. The van der Waals surface area contributed by atoms with Crippen LogP contribution in [0.15, 0.2) is 48.5 Å². The molecule has 2 amide bonds. The van der Waals surface area contributed by atoms with E-state index in [1.165, 1.54) is 12.1 Å². The minimum atomic E-state index is -0.261. The first kappa shape index (κ1) is 18.0. The highest BCUT2D eigenvalue weighted by Crippen LogP contribution is 2.48. The molecule has 0 bridgehead atoms. The molecule has 2 aromatic rings. The van der Waals surface area contributed by atoms with Gasteiger partial charge in [-0.3, -0.25) is 9.59 Å². The monoisotopic (exact) mass is 386 g/mol. The van der Waals surface area contributed by atoms with Crippen LogP contribution >= 0.6 is 11.6 Å². The maximum atomic E-state index is 13.0. The fraction of sp³-hybridized carbons (Fsp3) is 0.333. The van der Waals surface area contributed by atoms with Crippen LogP contribution in [-0.4, -0.2) is 47.8 Å². The van der Waals surface area contributed by atoms with Crippen LogP contribution in [0.4, 0.5) is 4.39 Å². The van der Waals surface area contributed by atoms with E-state index in [-0.39, 0.29) is 29.5 Å². The summed E-state index contributed by atoms with van der Waals surface area (Å²) in [7, 11) is 0. The van der Waals surface area contributed by atoms with Crippen LogP contribution in [0.25, 0.3) is 0 Å². The summed E-state index contributed by atoms with van der Waals surface area (Å²) in [5.41, 5.74) is 1.59. The summed E-state index contributed by atoms with van der Waals surface area (Å²) in [5, 5.41) is 0.537. The van der Waals surface area contributed by atoms with Crippen molar-refractivity contribution < 1.29 is 14.0 Å².